The van der Waals surface area contributed by atoms with Gasteiger partial charge in [-0.1, -0.05) is 24.3 Å². The van der Waals surface area contributed by atoms with Crippen molar-refractivity contribution in [1.29, 1.82) is 0 Å². The Bertz CT molecular complexity index is 1220. The fourth-order valence-corrected chi connectivity index (χ4v) is 4.01. The molecule has 0 unspecified atom stereocenters. The topological polar surface area (TPSA) is 100 Å². The zero-order valence-corrected chi connectivity index (χ0v) is 20.7. The van der Waals surface area contributed by atoms with Gasteiger partial charge in [-0.15, -0.1) is 0 Å². The summed E-state index contributed by atoms with van der Waals surface area (Å²) in [4.78, 5) is 40.9. The van der Waals surface area contributed by atoms with Crippen LogP contribution in [0.15, 0.2) is 78.9 Å². The van der Waals surface area contributed by atoms with Crippen molar-refractivity contribution in [3.05, 3.63) is 84.4 Å². The summed E-state index contributed by atoms with van der Waals surface area (Å²) in [7, 11) is 1.31. The highest BCUT2D eigenvalue weighted by Gasteiger charge is 2.21. The largest absolute Gasteiger partial charge is 0.465 e. The molecule has 1 heterocycles. The number of anilines is 2. The van der Waals surface area contributed by atoms with Gasteiger partial charge in [0.05, 0.1) is 19.2 Å². The highest BCUT2D eigenvalue weighted by molar-refractivity contribution is 5.94. The molecule has 192 valence electrons. The van der Waals surface area contributed by atoms with Gasteiger partial charge in [-0.2, -0.15) is 0 Å². The Morgan fingerprint density at radius 1 is 0.784 bits per heavy atom. The van der Waals surface area contributed by atoms with Crippen LogP contribution in [0.2, 0.25) is 0 Å². The van der Waals surface area contributed by atoms with Gasteiger partial charge in [-0.05, 0) is 61.0 Å². The van der Waals surface area contributed by atoms with E-state index < -0.39 is 5.97 Å². The number of esters is 1. The summed E-state index contributed by atoms with van der Waals surface area (Å²) in [6, 6.07) is 23.1. The summed E-state index contributed by atoms with van der Waals surface area (Å²) >= 11 is 0. The van der Waals surface area contributed by atoms with Crippen LogP contribution in [0.4, 0.5) is 16.2 Å². The first-order chi connectivity index (χ1) is 18.0. The normalized spacial score (nSPS) is 13.8. The van der Waals surface area contributed by atoms with Crippen molar-refractivity contribution in [2.24, 2.45) is 0 Å². The molecule has 1 aliphatic rings. The van der Waals surface area contributed by atoms with Crippen molar-refractivity contribution < 1.29 is 23.9 Å². The molecule has 4 rings (SSSR count). The van der Waals surface area contributed by atoms with E-state index >= 15 is 0 Å². The number of hydrogen-bond donors (Lipinski definition) is 2. The molecule has 9 nitrogen and oxygen atoms in total. The van der Waals surface area contributed by atoms with Crippen LogP contribution in [0.1, 0.15) is 16.8 Å². The van der Waals surface area contributed by atoms with Crippen LogP contribution in [-0.2, 0) is 9.53 Å². The lowest BCUT2D eigenvalue weighted by molar-refractivity contribution is -0.117. The predicted molar refractivity (Wildman–Crippen MR) is 141 cm³/mol. The number of hydrogen-bond acceptors (Lipinski definition) is 6. The minimum atomic E-state index is -0.462. The number of para-hydroxylation sites is 1. The minimum Gasteiger partial charge on any atom is -0.465 e. The van der Waals surface area contributed by atoms with Gasteiger partial charge >= 0.3 is 12.0 Å². The maximum absolute atomic E-state index is 12.8. The number of carbonyl (C=O) groups is 3. The standard InChI is InChI=1S/C28H30N4O5/c1-36-27(34)21-7-5-8-23(19-21)30-28(35)32-16-6-15-31(17-18-32)20-26(33)29-22-11-13-25(14-12-22)37-24-9-3-2-4-10-24/h2-5,7-14,19H,6,15-18,20H2,1H3,(H,29,33)(H,30,35). The minimum absolute atomic E-state index is 0.116. The van der Waals surface area contributed by atoms with Crippen LogP contribution >= 0.6 is 0 Å². The molecule has 0 aliphatic carbocycles. The van der Waals surface area contributed by atoms with Gasteiger partial charge in [0, 0.05) is 37.6 Å². The van der Waals surface area contributed by atoms with Crippen LogP contribution in [0.25, 0.3) is 0 Å². The van der Waals surface area contributed by atoms with E-state index in [1.165, 1.54) is 7.11 Å². The van der Waals surface area contributed by atoms with E-state index in [9.17, 15) is 14.4 Å². The van der Waals surface area contributed by atoms with Crippen molar-refractivity contribution >= 4 is 29.3 Å². The Labute approximate surface area is 216 Å². The predicted octanol–water partition coefficient (Wildman–Crippen LogP) is 4.44. The third-order valence-electron chi connectivity index (χ3n) is 5.89. The van der Waals surface area contributed by atoms with Crippen molar-refractivity contribution in [2.45, 2.75) is 6.42 Å². The summed E-state index contributed by atoms with van der Waals surface area (Å²) in [6.07, 6.45) is 0.744. The second kappa shape index (κ2) is 12.5. The average molecular weight is 503 g/mol. The highest BCUT2D eigenvalue weighted by Crippen LogP contribution is 2.22. The molecule has 3 amide bonds. The molecule has 37 heavy (non-hydrogen) atoms. The second-order valence-electron chi connectivity index (χ2n) is 8.61. The second-order valence-corrected chi connectivity index (χ2v) is 8.61. The van der Waals surface area contributed by atoms with Crippen molar-refractivity contribution in [2.75, 3.05) is 50.5 Å². The van der Waals surface area contributed by atoms with E-state index in [1.54, 1.807) is 41.3 Å². The zero-order valence-electron chi connectivity index (χ0n) is 20.7. The van der Waals surface area contributed by atoms with Gasteiger partial charge in [0.2, 0.25) is 5.91 Å². The molecular weight excluding hydrogens is 472 g/mol. The Balaban J connectivity index is 1.24. The SMILES string of the molecule is COC(=O)c1cccc(NC(=O)N2CCCN(CC(=O)Nc3ccc(Oc4ccccc4)cc3)CC2)c1. The molecule has 0 spiro atoms. The summed E-state index contributed by atoms with van der Waals surface area (Å²) in [5.74, 6) is 0.857. The third kappa shape index (κ3) is 7.55. The molecule has 3 aromatic rings. The summed E-state index contributed by atoms with van der Waals surface area (Å²) in [6.45, 7) is 2.58. The lowest BCUT2D eigenvalue weighted by Gasteiger charge is -2.22. The summed E-state index contributed by atoms with van der Waals surface area (Å²) < 4.78 is 10.5. The molecule has 1 aliphatic heterocycles. The fraction of sp³-hybridized carbons (Fsp3) is 0.250. The van der Waals surface area contributed by atoms with Gasteiger partial charge in [0.15, 0.2) is 0 Å². The Morgan fingerprint density at radius 2 is 1.54 bits per heavy atom. The van der Waals surface area contributed by atoms with E-state index in [0.29, 0.717) is 48.9 Å². The first-order valence-corrected chi connectivity index (χ1v) is 12.1. The molecule has 0 radical (unpaired) electrons. The van der Waals surface area contributed by atoms with E-state index in [2.05, 4.69) is 10.6 Å². The highest BCUT2D eigenvalue weighted by atomic mass is 16.5. The number of urea groups is 1. The number of carbonyl (C=O) groups excluding carboxylic acids is 3. The number of amides is 3. The lowest BCUT2D eigenvalue weighted by Crippen LogP contribution is -2.39. The number of benzene rings is 3. The molecule has 9 heteroatoms. The van der Waals surface area contributed by atoms with Gasteiger partial charge in [-0.3, -0.25) is 9.69 Å². The molecular formula is C28H30N4O5. The first kappa shape index (κ1) is 25.7. The fourth-order valence-electron chi connectivity index (χ4n) is 4.01. The van der Waals surface area contributed by atoms with Gasteiger partial charge < -0.3 is 25.0 Å². The van der Waals surface area contributed by atoms with E-state index in [4.69, 9.17) is 9.47 Å². The molecule has 2 N–H and O–H groups in total. The average Bonchev–Trinajstić information content (AvgIpc) is 3.15. The maximum atomic E-state index is 12.8. The molecule has 0 atom stereocenters. The molecule has 0 saturated carbocycles. The summed E-state index contributed by atoms with van der Waals surface area (Å²) in [5.41, 5.74) is 1.58. The molecule has 0 bridgehead atoms. The Hall–Kier alpha value is -4.37. The van der Waals surface area contributed by atoms with Gasteiger partial charge in [-0.25, -0.2) is 9.59 Å². The molecule has 0 aromatic heterocycles. The first-order valence-electron chi connectivity index (χ1n) is 12.1. The van der Waals surface area contributed by atoms with Crippen LogP contribution in [0.5, 0.6) is 11.5 Å². The summed E-state index contributed by atoms with van der Waals surface area (Å²) in [5, 5.41) is 5.76. The van der Waals surface area contributed by atoms with Crippen LogP contribution in [-0.4, -0.2) is 67.5 Å². The van der Waals surface area contributed by atoms with E-state index in [0.717, 1.165) is 12.2 Å². The zero-order chi connectivity index (χ0) is 26.0. The number of methoxy groups -OCH3 is 1. The van der Waals surface area contributed by atoms with Crippen LogP contribution < -0.4 is 15.4 Å². The molecule has 1 fully saturated rings. The third-order valence-corrected chi connectivity index (χ3v) is 5.89. The van der Waals surface area contributed by atoms with Crippen molar-refractivity contribution in [1.82, 2.24) is 9.80 Å². The van der Waals surface area contributed by atoms with Crippen LogP contribution in [0, 0.1) is 0 Å². The molecule has 3 aromatic carbocycles. The Morgan fingerprint density at radius 3 is 2.30 bits per heavy atom. The monoisotopic (exact) mass is 502 g/mol. The number of rotatable bonds is 7. The van der Waals surface area contributed by atoms with Crippen molar-refractivity contribution in [3.63, 3.8) is 0 Å². The molecule has 1 saturated heterocycles. The number of nitrogens with zero attached hydrogens (tertiary/aromatic N) is 2. The number of nitrogens with one attached hydrogen (secondary N) is 2. The maximum Gasteiger partial charge on any atom is 0.337 e. The lowest BCUT2D eigenvalue weighted by atomic mass is 10.2. The van der Waals surface area contributed by atoms with E-state index in [1.807, 2.05) is 47.4 Å². The van der Waals surface area contributed by atoms with Gasteiger partial charge in [0.25, 0.3) is 0 Å². The smallest absolute Gasteiger partial charge is 0.337 e. The van der Waals surface area contributed by atoms with E-state index in [-0.39, 0.29) is 18.5 Å². The van der Waals surface area contributed by atoms with Crippen molar-refractivity contribution in [3.8, 4) is 11.5 Å². The van der Waals surface area contributed by atoms with Gasteiger partial charge in [0.1, 0.15) is 11.5 Å². The Kier molecular flexibility index (Phi) is 8.72. The quantitative estimate of drug-likeness (QED) is 0.463. The van der Waals surface area contributed by atoms with Crippen LogP contribution in [0.3, 0.4) is 0 Å². The number of ether oxygens (including phenoxy) is 2.